The molecule has 0 radical (unpaired) electrons. The largest absolute Gasteiger partial charge is 0.508 e. The van der Waals surface area contributed by atoms with E-state index in [-0.39, 0.29) is 25.0 Å². The Bertz CT molecular complexity index is 1270. The number of imidazole rings is 1. The molecule has 3 amide bonds. The first-order valence-electron chi connectivity index (χ1n) is 12.5. The number of aromatic hydroxyl groups is 1. The van der Waals surface area contributed by atoms with Crippen LogP contribution in [0.15, 0.2) is 67.1 Å². The number of phenolic OH excluding ortho intramolecular Hbond substituents is 1. The van der Waals surface area contributed by atoms with Crippen LogP contribution >= 0.6 is 0 Å². The van der Waals surface area contributed by atoms with E-state index < -0.39 is 54.5 Å². The van der Waals surface area contributed by atoms with Crippen LogP contribution in [-0.2, 0) is 38.4 Å². The van der Waals surface area contributed by atoms with Crippen LogP contribution in [0.5, 0.6) is 5.75 Å². The summed E-state index contributed by atoms with van der Waals surface area (Å²) in [6.07, 6.45) is 2.94. The van der Waals surface area contributed by atoms with Gasteiger partial charge in [-0.05, 0) is 29.7 Å². The van der Waals surface area contributed by atoms with Crippen molar-refractivity contribution in [2.24, 2.45) is 5.73 Å². The van der Waals surface area contributed by atoms with Crippen molar-refractivity contribution in [2.45, 2.75) is 43.4 Å². The fourth-order valence-electron chi connectivity index (χ4n) is 3.87. The van der Waals surface area contributed by atoms with Crippen LogP contribution in [-0.4, -0.2) is 79.8 Å². The van der Waals surface area contributed by atoms with Crippen molar-refractivity contribution in [1.82, 2.24) is 25.9 Å². The molecule has 1 aromatic heterocycles. The number of aliphatic hydroxyl groups excluding tert-OH is 1. The lowest BCUT2D eigenvalue weighted by atomic mass is 10.0. The number of carbonyl (C=O) groups is 4. The van der Waals surface area contributed by atoms with Crippen molar-refractivity contribution in [3.8, 4) is 5.75 Å². The zero-order chi connectivity index (χ0) is 29.1. The number of aromatic nitrogens is 2. The van der Waals surface area contributed by atoms with Gasteiger partial charge in [0, 0.05) is 24.7 Å². The average Bonchev–Trinajstić information content (AvgIpc) is 3.45. The maximum atomic E-state index is 13.2. The number of carbonyl (C=O) groups excluding carboxylic acids is 3. The third kappa shape index (κ3) is 8.92. The van der Waals surface area contributed by atoms with Crippen LogP contribution < -0.4 is 21.7 Å². The van der Waals surface area contributed by atoms with Crippen LogP contribution in [0.1, 0.15) is 16.8 Å². The second-order valence-corrected chi connectivity index (χ2v) is 9.15. The number of rotatable bonds is 14. The van der Waals surface area contributed by atoms with E-state index >= 15 is 0 Å². The fraction of sp³-hybridized carbons (Fsp3) is 0.296. The maximum Gasteiger partial charge on any atom is 0.326 e. The van der Waals surface area contributed by atoms with Gasteiger partial charge in [0.2, 0.25) is 17.7 Å². The molecule has 3 rings (SSSR count). The zero-order valence-electron chi connectivity index (χ0n) is 21.5. The zero-order valence-corrected chi connectivity index (χ0v) is 21.5. The number of benzene rings is 2. The highest BCUT2D eigenvalue weighted by Crippen LogP contribution is 2.11. The molecule has 3 aromatic rings. The minimum atomic E-state index is -1.49. The number of hydrogen-bond acceptors (Lipinski definition) is 8. The molecule has 0 saturated carbocycles. The first-order valence-corrected chi connectivity index (χ1v) is 12.5. The molecule has 40 heavy (non-hydrogen) atoms. The van der Waals surface area contributed by atoms with Gasteiger partial charge in [-0.2, -0.15) is 0 Å². The van der Waals surface area contributed by atoms with Gasteiger partial charge in [0.15, 0.2) is 0 Å². The van der Waals surface area contributed by atoms with E-state index in [2.05, 4.69) is 25.9 Å². The molecule has 2 aromatic carbocycles. The van der Waals surface area contributed by atoms with Gasteiger partial charge in [0.25, 0.3) is 0 Å². The number of aliphatic hydroxyl groups is 1. The van der Waals surface area contributed by atoms with Gasteiger partial charge in [0.05, 0.1) is 19.0 Å². The van der Waals surface area contributed by atoms with E-state index in [1.807, 2.05) is 0 Å². The number of amides is 3. The molecule has 0 bridgehead atoms. The standard InChI is InChI=1S/C27H32N6O7/c28-20(10-17-6-8-19(35)9-7-17)24(36)31-21(12-18-13-29-15-30-18)25(37)33-23(14-34)26(38)32-22(27(39)40)11-16-4-2-1-3-5-16/h1-9,13,15,20-23,34-35H,10-12,14,28H2,(H,29,30)(H,31,36)(H,32,38)(H,33,37)(H,39,40). The fourth-order valence-corrected chi connectivity index (χ4v) is 3.87. The first-order chi connectivity index (χ1) is 19.2. The number of nitrogens with zero attached hydrogens (tertiary/aromatic N) is 1. The molecule has 0 aliphatic carbocycles. The summed E-state index contributed by atoms with van der Waals surface area (Å²) in [7, 11) is 0. The Balaban J connectivity index is 1.67. The van der Waals surface area contributed by atoms with Crippen LogP contribution in [0.4, 0.5) is 0 Å². The number of H-pyrrole nitrogens is 1. The number of nitrogens with one attached hydrogen (secondary N) is 4. The Kier molecular flexibility index (Phi) is 10.7. The molecule has 13 heteroatoms. The summed E-state index contributed by atoms with van der Waals surface area (Å²) >= 11 is 0. The van der Waals surface area contributed by atoms with Crippen molar-refractivity contribution in [3.63, 3.8) is 0 Å². The Morgan fingerprint density at radius 3 is 2.00 bits per heavy atom. The molecule has 0 spiro atoms. The topological polar surface area (TPSA) is 220 Å². The molecule has 1 heterocycles. The van der Waals surface area contributed by atoms with Crippen molar-refractivity contribution in [2.75, 3.05) is 6.61 Å². The predicted molar refractivity (Wildman–Crippen MR) is 143 cm³/mol. The quantitative estimate of drug-likeness (QED) is 0.123. The number of nitrogens with two attached hydrogens (primary N) is 1. The number of aromatic amines is 1. The van der Waals surface area contributed by atoms with Crippen LogP contribution in [0.3, 0.4) is 0 Å². The lowest BCUT2D eigenvalue weighted by Gasteiger charge is -2.24. The van der Waals surface area contributed by atoms with Crippen molar-refractivity contribution in [3.05, 3.63) is 83.9 Å². The molecule has 4 atom stereocenters. The second kappa shape index (κ2) is 14.4. The highest BCUT2D eigenvalue weighted by atomic mass is 16.4. The van der Waals surface area contributed by atoms with Gasteiger partial charge in [-0.3, -0.25) is 14.4 Å². The van der Waals surface area contributed by atoms with E-state index in [1.54, 1.807) is 42.5 Å². The minimum absolute atomic E-state index is 0.00850. The van der Waals surface area contributed by atoms with E-state index in [1.165, 1.54) is 24.7 Å². The first kappa shape index (κ1) is 29.8. The predicted octanol–water partition coefficient (Wildman–Crippen LogP) is -0.998. The van der Waals surface area contributed by atoms with E-state index in [4.69, 9.17) is 5.73 Å². The Labute approximate surface area is 229 Å². The van der Waals surface area contributed by atoms with Crippen LogP contribution in [0.25, 0.3) is 0 Å². The monoisotopic (exact) mass is 552 g/mol. The Hall–Kier alpha value is -4.75. The summed E-state index contributed by atoms with van der Waals surface area (Å²) in [6, 6.07) is 9.78. The summed E-state index contributed by atoms with van der Waals surface area (Å²) in [4.78, 5) is 57.3. The van der Waals surface area contributed by atoms with E-state index in [0.717, 1.165) is 0 Å². The molecule has 13 nitrogen and oxygen atoms in total. The number of carboxylic acids is 1. The minimum Gasteiger partial charge on any atom is -0.508 e. The Morgan fingerprint density at radius 1 is 0.800 bits per heavy atom. The summed E-state index contributed by atoms with van der Waals surface area (Å²) in [5.74, 6) is -3.58. The van der Waals surface area contributed by atoms with Gasteiger partial charge in [-0.1, -0.05) is 42.5 Å². The van der Waals surface area contributed by atoms with Gasteiger partial charge in [0.1, 0.15) is 23.9 Å². The van der Waals surface area contributed by atoms with Gasteiger partial charge in [-0.25, -0.2) is 9.78 Å². The molecule has 0 aliphatic rings. The van der Waals surface area contributed by atoms with Gasteiger partial charge < -0.3 is 42.0 Å². The Morgan fingerprint density at radius 2 is 1.40 bits per heavy atom. The molecule has 0 aliphatic heterocycles. The molecule has 212 valence electrons. The third-order valence-electron chi connectivity index (χ3n) is 6.05. The van der Waals surface area contributed by atoms with Crippen molar-refractivity contribution >= 4 is 23.7 Å². The molecule has 0 saturated heterocycles. The van der Waals surface area contributed by atoms with Crippen LogP contribution in [0.2, 0.25) is 0 Å². The average molecular weight is 553 g/mol. The van der Waals surface area contributed by atoms with Gasteiger partial charge in [-0.15, -0.1) is 0 Å². The molecule has 9 N–H and O–H groups in total. The molecular weight excluding hydrogens is 520 g/mol. The maximum absolute atomic E-state index is 13.2. The summed E-state index contributed by atoms with van der Waals surface area (Å²) in [5.41, 5.74) is 7.91. The van der Waals surface area contributed by atoms with E-state index in [0.29, 0.717) is 16.8 Å². The highest BCUT2D eigenvalue weighted by molar-refractivity contribution is 5.94. The second-order valence-electron chi connectivity index (χ2n) is 9.15. The number of hydrogen-bond donors (Lipinski definition) is 8. The van der Waals surface area contributed by atoms with Crippen molar-refractivity contribution < 1.29 is 34.5 Å². The summed E-state index contributed by atoms with van der Waals surface area (Å²) in [5, 5.41) is 36.1. The SMILES string of the molecule is NC(Cc1ccc(O)cc1)C(=O)NC(Cc1cnc[nH]1)C(=O)NC(CO)C(=O)NC(Cc1ccccc1)C(=O)O. The summed E-state index contributed by atoms with van der Waals surface area (Å²) in [6.45, 7) is -0.819. The lowest BCUT2D eigenvalue weighted by Crippen LogP contribution is -2.58. The van der Waals surface area contributed by atoms with E-state index in [9.17, 15) is 34.5 Å². The number of carboxylic acid groups (broad SMARTS) is 1. The number of aliphatic carboxylic acids is 1. The highest BCUT2D eigenvalue weighted by Gasteiger charge is 2.30. The van der Waals surface area contributed by atoms with Crippen LogP contribution in [0, 0.1) is 0 Å². The normalized spacial score (nSPS) is 13.8. The van der Waals surface area contributed by atoms with Crippen molar-refractivity contribution in [1.29, 1.82) is 0 Å². The third-order valence-corrected chi connectivity index (χ3v) is 6.05. The lowest BCUT2D eigenvalue weighted by molar-refractivity contribution is -0.142. The smallest absolute Gasteiger partial charge is 0.326 e. The number of phenols is 1. The van der Waals surface area contributed by atoms with Gasteiger partial charge >= 0.3 is 5.97 Å². The molecule has 4 unspecified atom stereocenters. The summed E-state index contributed by atoms with van der Waals surface area (Å²) < 4.78 is 0. The molecule has 0 fully saturated rings. The molecular formula is C27H32N6O7.